The highest BCUT2D eigenvalue weighted by Crippen LogP contribution is 2.39. The van der Waals surface area contributed by atoms with Crippen molar-refractivity contribution in [3.63, 3.8) is 0 Å². The van der Waals surface area contributed by atoms with Gasteiger partial charge in [0.2, 0.25) is 10.0 Å². The van der Waals surface area contributed by atoms with E-state index in [-0.39, 0.29) is 30.3 Å². The molecule has 0 unspecified atom stereocenters. The van der Waals surface area contributed by atoms with Crippen molar-refractivity contribution in [1.82, 2.24) is 9.62 Å². The number of phenols is 2. The quantitative estimate of drug-likeness (QED) is 0.251. The van der Waals surface area contributed by atoms with Crippen LogP contribution in [0.1, 0.15) is 34.1 Å². The van der Waals surface area contributed by atoms with Crippen LogP contribution in [0.2, 0.25) is 18.1 Å². The molecular formula is C24H38N2O7SSi. The van der Waals surface area contributed by atoms with Gasteiger partial charge in [0.15, 0.2) is 19.8 Å². The number of nitrogens with one attached hydrogen (secondary N) is 1. The molecule has 196 valence electrons. The van der Waals surface area contributed by atoms with E-state index in [1.54, 1.807) is 11.8 Å². The number of hydrogen-bond acceptors (Lipinski definition) is 7. The highest BCUT2D eigenvalue weighted by atomic mass is 32.2. The molecule has 1 aliphatic rings. The molecule has 0 aromatic heterocycles. The van der Waals surface area contributed by atoms with Crippen LogP contribution in [-0.4, -0.2) is 69.8 Å². The zero-order valence-electron chi connectivity index (χ0n) is 21.4. The maximum atomic E-state index is 12.7. The molecule has 3 N–H and O–H groups in total. The van der Waals surface area contributed by atoms with Crippen LogP contribution in [0.5, 0.6) is 11.5 Å². The molecule has 0 aliphatic carbocycles. The van der Waals surface area contributed by atoms with Gasteiger partial charge in [-0.25, -0.2) is 17.9 Å². The van der Waals surface area contributed by atoms with Gasteiger partial charge in [0.05, 0.1) is 12.1 Å². The van der Waals surface area contributed by atoms with E-state index < -0.39 is 40.8 Å². The number of hydrogen-bond donors (Lipinski definition) is 3. The Kier molecular flexibility index (Phi) is 9.20. The van der Waals surface area contributed by atoms with Crippen LogP contribution in [0, 0.1) is 0 Å². The molecule has 11 heteroatoms. The van der Waals surface area contributed by atoms with Crippen LogP contribution in [0.4, 0.5) is 4.79 Å². The average Bonchev–Trinajstić information content (AvgIpc) is 3.13. The lowest BCUT2D eigenvalue weighted by Gasteiger charge is -2.38. The standard InChI is InChI=1S/C24H38N2O7SSi/c1-8-12-32-23(29)26-16-19(33-35(6,7)24(3,4)5)14-18(26)13-17(2)15-25-34(30,31)21-11-9-10-20(27)22(21)28/h8-11,13,18-19,25,27-28H,1,12,14-16H2,2-7H3/b17-13+/t18-,19-/m1/s1. The van der Waals surface area contributed by atoms with Crippen molar-refractivity contribution in [3.05, 3.63) is 42.5 Å². The van der Waals surface area contributed by atoms with Gasteiger partial charge < -0.3 is 19.4 Å². The number of amides is 1. The molecular weight excluding hydrogens is 488 g/mol. The fourth-order valence-corrected chi connectivity index (χ4v) is 6.04. The second-order valence-corrected chi connectivity index (χ2v) is 16.8. The number of phenolic OH excluding ortho intramolecular Hbond substituents is 2. The SMILES string of the molecule is C=CCOC(=O)N1C[C@H](O[Si](C)(C)C(C)(C)C)C[C@H]1/C=C(\C)CNS(=O)(=O)c1cccc(O)c1O. The van der Waals surface area contributed by atoms with Gasteiger partial charge >= 0.3 is 6.09 Å². The zero-order valence-corrected chi connectivity index (χ0v) is 23.2. The lowest BCUT2D eigenvalue weighted by Crippen LogP contribution is -2.44. The fraction of sp³-hybridized carbons (Fsp3) is 0.542. The summed E-state index contributed by atoms with van der Waals surface area (Å²) < 4.78 is 39.5. The number of carbonyl (C=O) groups excluding carboxylic acids is 1. The Morgan fingerprint density at radius 2 is 1.97 bits per heavy atom. The van der Waals surface area contributed by atoms with Gasteiger partial charge in [-0.3, -0.25) is 4.90 Å². The van der Waals surface area contributed by atoms with E-state index in [1.807, 2.05) is 6.08 Å². The van der Waals surface area contributed by atoms with Crippen molar-refractivity contribution in [1.29, 1.82) is 0 Å². The molecule has 2 atom stereocenters. The van der Waals surface area contributed by atoms with E-state index in [1.165, 1.54) is 24.3 Å². The molecule has 2 rings (SSSR count). The molecule has 1 aromatic carbocycles. The maximum absolute atomic E-state index is 12.7. The minimum atomic E-state index is -4.07. The maximum Gasteiger partial charge on any atom is 0.410 e. The largest absolute Gasteiger partial charge is 0.504 e. The van der Waals surface area contributed by atoms with Crippen molar-refractivity contribution in [2.75, 3.05) is 19.7 Å². The summed E-state index contributed by atoms with van der Waals surface area (Å²) in [5, 5.41) is 19.5. The van der Waals surface area contributed by atoms with Gasteiger partial charge in [0.1, 0.15) is 11.5 Å². The van der Waals surface area contributed by atoms with Crippen LogP contribution in [-0.2, 0) is 19.2 Å². The molecule has 1 aromatic rings. The molecule has 9 nitrogen and oxygen atoms in total. The predicted octanol–water partition coefficient (Wildman–Crippen LogP) is 4.11. The lowest BCUT2D eigenvalue weighted by atomic mass is 10.1. The smallest absolute Gasteiger partial charge is 0.410 e. The van der Waals surface area contributed by atoms with Gasteiger partial charge in [0, 0.05) is 13.1 Å². The number of ether oxygens (including phenoxy) is 1. The summed E-state index contributed by atoms with van der Waals surface area (Å²) in [6.45, 7) is 16.5. The molecule has 1 aliphatic heterocycles. The van der Waals surface area contributed by atoms with Crippen molar-refractivity contribution in [3.8, 4) is 11.5 Å². The summed E-state index contributed by atoms with van der Waals surface area (Å²) in [6.07, 6.45) is 3.24. The normalized spacial score (nSPS) is 19.6. The van der Waals surface area contributed by atoms with Gasteiger partial charge in [-0.1, -0.05) is 51.1 Å². The first-order valence-corrected chi connectivity index (χ1v) is 15.9. The van der Waals surface area contributed by atoms with Crippen LogP contribution in [0.3, 0.4) is 0 Å². The van der Waals surface area contributed by atoms with Gasteiger partial charge in [0.25, 0.3) is 0 Å². The summed E-state index contributed by atoms with van der Waals surface area (Å²) in [5.41, 5.74) is 0.674. The molecule has 0 radical (unpaired) electrons. The van der Waals surface area contributed by atoms with Crippen molar-refractivity contribution in [2.24, 2.45) is 0 Å². The Morgan fingerprint density at radius 3 is 2.57 bits per heavy atom. The van der Waals surface area contributed by atoms with E-state index >= 15 is 0 Å². The van der Waals surface area contributed by atoms with Crippen molar-refractivity contribution < 1.29 is 32.6 Å². The van der Waals surface area contributed by atoms with Crippen LogP contribution >= 0.6 is 0 Å². The average molecular weight is 527 g/mol. The lowest BCUT2D eigenvalue weighted by molar-refractivity contribution is 0.108. The summed E-state index contributed by atoms with van der Waals surface area (Å²) in [4.78, 5) is 13.9. The minimum absolute atomic E-state index is 0.0146. The van der Waals surface area contributed by atoms with Crippen LogP contribution < -0.4 is 4.72 Å². The molecule has 0 saturated carbocycles. The molecule has 0 spiro atoms. The molecule has 35 heavy (non-hydrogen) atoms. The Bertz CT molecular complexity index is 1060. The predicted molar refractivity (Wildman–Crippen MR) is 137 cm³/mol. The molecule has 1 saturated heterocycles. The second-order valence-electron chi connectivity index (χ2n) is 10.3. The summed E-state index contributed by atoms with van der Waals surface area (Å²) >= 11 is 0. The first kappa shape index (κ1) is 28.9. The third-order valence-electron chi connectivity index (χ3n) is 6.42. The zero-order chi connectivity index (χ0) is 26.6. The highest BCUT2D eigenvalue weighted by molar-refractivity contribution is 7.89. The Balaban J connectivity index is 2.19. The summed E-state index contributed by atoms with van der Waals surface area (Å²) in [6, 6.07) is 3.40. The monoisotopic (exact) mass is 526 g/mol. The Hall–Kier alpha value is -2.34. The fourth-order valence-electron chi connectivity index (χ4n) is 3.49. The number of benzene rings is 1. The summed E-state index contributed by atoms with van der Waals surface area (Å²) in [5.74, 6) is -1.23. The van der Waals surface area contributed by atoms with E-state index in [0.29, 0.717) is 18.5 Å². The minimum Gasteiger partial charge on any atom is -0.504 e. The number of carbonyl (C=O) groups is 1. The first-order chi connectivity index (χ1) is 16.1. The molecule has 1 heterocycles. The molecule has 1 fully saturated rings. The number of rotatable bonds is 9. The number of likely N-dealkylation sites (tertiary alicyclic amines) is 1. The van der Waals surface area contributed by atoms with E-state index in [0.717, 1.165) is 0 Å². The Labute approximate surface area is 209 Å². The van der Waals surface area contributed by atoms with Crippen molar-refractivity contribution in [2.45, 2.75) is 69.3 Å². The van der Waals surface area contributed by atoms with Crippen LogP contribution in [0.25, 0.3) is 0 Å². The molecule has 0 bridgehead atoms. The third-order valence-corrected chi connectivity index (χ3v) is 12.4. The van der Waals surface area contributed by atoms with E-state index in [9.17, 15) is 23.4 Å². The first-order valence-electron chi connectivity index (χ1n) is 11.5. The van der Waals surface area contributed by atoms with Gasteiger partial charge in [-0.05, 0) is 43.6 Å². The van der Waals surface area contributed by atoms with Crippen LogP contribution in [0.15, 0.2) is 47.4 Å². The second kappa shape index (κ2) is 11.1. The third kappa shape index (κ3) is 7.32. The highest BCUT2D eigenvalue weighted by Gasteiger charge is 2.43. The number of nitrogens with zero attached hydrogens (tertiary/aromatic N) is 1. The van der Waals surface area contributed by atoms with Crippen molar-refractivity contribution >= 4 is 24.4 Å². The Morgan fingerprint density at radius 1 is 1.31 bits per heavy atom. The number of para-hydroxylation sites is 1. The number of aromatic hydroxyl groups is 2. The molecule has 1 amide bonds. The van der Waals surface area contributed by atoms with E-state index in [4.69, 9.17) is 9.16 Å². The van der Waals surface area contributed by atoms with E-state index in [2.05, 4.69) is 45.2 Å². The van der Waals surface area contributed by atoms with Gasteiger partial charge in [-0.2, -0.15) is 0 Å². The topological polar surface area (TPSA) is 125 Å². The number of sulfonamides is 1. The summed E-state index contributed by atoms with van der Waals surface area (Å²) in [7, 11) is -6.14. The van der Waals surface area contributed by atoms with Gasteiger partial charge in [-0.15, -0.1) is 0 Å².